The number of nitrogens with zero attached hydrogens (tertiary/aromatic N) is 2. The van der Waals surface area contributed by atoms with Gasteiger partial charge in [0.05, 0.1) is 13.2 Å². The molecular formula is C32H38N4O5. The number of nitrogens with one attached hydrogen (secondary N) is 2. The van der Waals surface area contributed by atoms with Crippen LogP contribution in [0.1, 0.15) is 59.8 Å². The molecule has 0 aliphatic carbocycles. The molecule has 0 spiro atoms. The lowest BCUT2D eigenvalue weighted by Gasteiger charge is -2.18. The molecular weight excluding hydrogens is 520 g/mol. The summed E-state index contributed by atoms with van der Waals surface area (Å²) in [6.45, 7) is 7.44. The second-order valence-corrected chi connectivity index (χ2v) is 10.6. The average molecular weight is 559 g/mol. The van der Waals surface area contributed by atoms with Crippen LogP contribution in [0.3, 0.4) is 0 Å². The monoisotopic (exact) mass is 558 g/mol. The van der Waals surface area contributed by atoms with Gasteiger partial charge in [-0.1, -0.05) is 17.7 Å². The number of methoxy groups -OCH3 is 1. The van der Waals surface area contributed by atoms with Gasteiger partial charge in [0.1, 0.15) is 6.04 Å². The molecule has 0 radical (unpaired) electrons. The zero-order chi connectivity index (χ0) is 29.5. The van der Waals surface area contributed by atoms with Crippen LogP contribution in [0.15, 0.2) is 59.2 Å². The first-order valence-electron chi connectivity index (χ1n) is 13.9. The van der Waals surface area contributed by atoms with Gasteiger partial charge in [-0.2, -0.15) is 0 Å². The number of carboxylic acid groups (broad SMARTS) is 1. The Morgan fingerprint density at radius 3 is 2.66 bits per heavy atom. The van der Waals surface area contributed by atoms with Gasteiger partial charge >= 0.3 is 5.97 Å². The van der Waals surface area contributed by atoms with Crippen LogP contribution in [0.5, 0.6) is 0 Å². The van der Waals surface area contributed by atoms with E-state index >= 15 is 0 Å². The number of benzene rings is 2. The molecule has 2 amide bonds. The highest BCUT2D eigenvalue weighted by atomic mass is 16.5. The highest BCUT2D eigenvalue weighted by Gasteiger charge is 2.21. The smallest absolute Gasteiger partial charge is 0.303 e. The van der Waals surface area contributed by atoms with E-state index in [0.29, 0.717) is 50.2 Å². The minimum atomic E-state index is -0.840. The van der Waals surface area contributed by atoms with E-state index in [2.05, 4.69) is 28.6 Å². The number of anilines is 1. The number of aliphatic carboxylic acids is 1. The van der Waals surface area contributed by atoms with Crippen molar-refractivity contribution < 1.29 is 24.2 Å². The molecule has 0 bridgehead atoms. The van der Waals surface area contributed by atoms with Crippen LogP contribution < -0.4 is 10.6 Å². The second-order valence-electron chi connectivity index (χ2n) is 10.6. The van der Waals surface area contributed by atoms with Crippen LogP contribution >= 0.6 is 0 Å². The molecule has 216 valence electrons. The maximum absolute atomic E-state index is 13.6. The lowest BCUT2D eigenvalue weighted by Crippen LogP contribution is -2.26. The Bertz CT molecular complexity index is 1520. The van der Waals surface area contributed by atoms with Crippen molar-refractivity contribution in [2.75, 3.05) is 32.1 Å². The van der Waals surface area contributed by atoms with Crippen LogP contribution in [-0.4, -0.2) is 60.0 Å². The standard InChI is InChI=1S/C32H38N4O5/c1-20-14-26(34-18-20)15-23-8-9-24(6-5-7-30(37)38)28(16-23)35-31(39)22(3)36-19-21(2)27-17-25(10-11-29(27)36)32(40)33-12-13-41-4/h8-11,14,16-17,19,22H,5-7,12-13,15,18H2,1-4H3,(H,33,40)(H,35,39)(H,37,38)/t22-/m1/s1. The fourth-order valence-electron chi connectivity index (χ4n) is 5.03. The third-order valence-electron chi connectivity index (χ3n) is 7.28. The summed E-state index contributed by atoms with van der Waals surface area (Å²) in [7, 11) is 1.59. The molecule has 4 rings (SSSR count). The van der Waals surface area contributed by atoms with Crippen molar-refractivity contribution in [1.29, 1.82) is 0 Å². The van der Waals surface area contributed by atoms with Gasteiger partial charge in [-0.05, 0) is 80.6 Å². The van der Waals surface area contributed by atoms with Gasteiger partial charge in [-0.25, -0.2) is 0 Å². The maximum atomic E-state index is 13.6. The number of hydrogen-bond donors (Lipinski definition) is 3. The van der Waals surface area contributed by atoms with Gasteiger partial charge in [-0.3, -0.25) is 19.4 Å². The summed E-state index contributed by atoms with van der Waals surface area (Å²) in [6.07, 6.45) is 5.76. The number of aryl methyl sites for hydroxylation is 2. The predicted molar refractivity (Wildman–Crippen MR) is 161 cm³/mol. The third-order valence-corrected chi connectivity index (χ3v) is 7.28. The number of fused-ring (bicyclic) bond motifs is 1. The van der Waals surface area contributed by atoms with Crippen molar-refractivity contribution in [3.63, 3.8) is 0 Å². The second kappa shape index (κ2) is 13.4. The highest BCUT2D eigenvalue weighted by molar-refractivity contribution is 6.01. The van der Waals surface area contributed by atoms with Crippen molar-refractivity contribution in [3.05, 3.63) is 76.5 Å². The van der Waals surface area contributed by atoms with Gasteiger partial charge < -0.3 is 25.0 Å². The number of allylic oxidation sites excluding steroid dienone is 1. The summed E-state index contributed by atoms with van der Waals surface area (Å²) in [5.41, 5.74) is 7.21. The van der Waals surface area contributed by atoms with E-state index in [1.165, 1.54) is 5.57 Å². The Labute approximate surface area is 240 Å². The number of rotatable bonds is 13. The minimum absolute atomic E-state index is 0.0629. The molecule has 1 aliphatic rings. The topological polar surface area (TPSA) is 122 Å². The summed E-state index contributed by atoms with van der Waals surface area (Å²) < 4.78 is 6.92. The lowest BCUT2D eigenvalue weighted by molar-refractivity contribution is -0.137. The largest absolute Gasteiger partial charge is 0.481 e. The zero-order valence-corrected chi connectivity index (χ0v) is 24.1. The van der Waals surface area contributed by atoms with Gasteiger partial charge in [0, 0.05) is 60.6 Å². The van der Waals surface area contributed by atoms with E-state index in [1.54, 1.807) is 13.2 Å². The Hall–Kier alpha value is -4.24. The minimum Gasteiger partial charge on any atom is -0.481 e. The first-order valence-corrected chi connectivity index (χ1v) is 13.9. The molecule has 0 fully saturated rings. The van der Waals surface area contributed by atoms with Crippen LogP contribution in [0.4, 0.5) is 5.69 Å². The van der Waals surface area contributed by atoms with Gasteiger partial charge in [0.15, 0.2) is 0 Å². The molecule has 9 nitrogen and oxygen atoms in total. The van der Waals surface area contributed by atoms with Crippen LogP contribution in [-0.2, 0) is 27.2 Å². The van der Waals surface area contributed by atoms with E-state index in [1.807, 2.05) is 54.9 Å². The number of aliphatic imine (C=N–C) groups is 1. The van der Waals surface area contributed by atoms with E-state index in [-0.39, 0.29) is 18.2 Å². The van der Waals surface area contributed by atoms with E-state index in [0.717, 1.165) is 33.3 Å². The molecule has 1 aliphatic heterocycles. The van der Waals surface area contributed by atoms with Crippen molar-refractivity contribution in [2.45, 2.75) is 52.5 Å². The molecule has 9 heteroatoms. The quantitative estimate of drug-likeness (QED) is 0.258. The van der Waals surface area contributed by atoms with Crippen LogP contribution in [0.25, 0.3) is 10.9 Å². The van der Waals surface area contributed by atoms with Crippen molar-refractivity contribution in [3.8, 4) is 0 Å². The predicted octanol–water partition coefficient (Wildman–Crippen LogP) is 4.88. The molecule has 0 saturated heterocycles. The number of hydrogen-bond acceptors (Lipinski definition) is 5. The third kappa shape index (κ3) is 7.49. The number of amides is 2. The van der Waals surface area contributed by atoms with E-state index < -0.39 is 12.0 Å². The maximum Gasteiger partial charge on any atom is 0.303 e. The summed E-state index contributed by atoms with van der Waals surface area (Å²) >= 11 is 0. The summed E-state index contributed by atoms with van der Waals surface area (Å²) in [6, 6.07) is 10.9. The van der Waals surface area contributed by atoms with Crippen molar-refractivity contribution in [2.24, 2.45) is 4.99 Å². The highest BCUT2D eigenvalue weighted by Crippen LogP contribution is 2.28. The van der Waals surface area contributed by atoms with Gasteiger partial charge in [-0.15, -0.1) is 0 Å². The SMILES string of the molecule is COCCNC(=O)c1ccc2c(c1)c(C)cn2[C@H](C)C(=O)Nc1cc(CC2=NCC(C)=C2)ccc1CCCC(=O)O. The lowest BCUT2D eigenvalue weighted by atomic mass is 10.00. The Kier molecular flexibility index (Phi) is 9.73. The van der Waals surface area contributed by atoms with Crippen molar-refractivity contribution in [1.82, 2.24) is 9.88 Å². The van der Waals surface area contributed by atoms with Gasteiger partial charge in [0.25, 0.3) is 5.91 Å². The molecule has 3 N–H and O–H groups in total. The number of carbonyl (C=O) groups is 3. The summed E-state index contributed by atoms with van der Waals surface area (Å²) in [5, 5.41) is 16.0. The number of ether oxygens (including phenoxy) is 1. The molecule has 0 saturated carbocycles. The van der Waals surface area contributed by atoms with Crippen LogP contribution in [0.2, 0.25) is 0 Å². The summed E-state index contributed by atoms with van der Waals surface area (Å²) in [4.78, 5) is 41.8. The number of carbonyl (C=O) groups excluding carboxylic acids is 2. The average Bonchev–Trinajstić information content (AvgIpc) is 3.50. The molecule has 0 unspecified atom stereocenters. The van der Waals surface area contributed by atoms with Gasteiger partial charge in [0.2, 0.25) is 5.91 Å². The van der Waals surface area contributed by atoms with Crippen molar-refractivity contribution >= 4 is 40.1 Å². The Morgan fingerprint density at radius 2 is 1.95 bits per heavy atom. The fraction of sp³-hybridized carbons (Fsp3) is 0.375. The fourth-order valence-corrected chi connectivity index (χ4v) is 5.03. The zero-order valence-electron chi connectivity index (χ0n) is 24.1. The molecule has 2 heterocycles. The Balaban J connectivity index is 1.55. The number of aromatic nitrogens is 1. The van der Waals surface area contributed by atoms with E-state index in [9.17, 15) is 14.4 Å². The molecule has 1 atom stereocenters. The first-order chi connectivity index (χ1) is 19.7. The molecule has 3 aromatic rings. The first kappa shape index (κ1) is 29.7. The molecule has 41 heavy (non-hydrogen) atoms. The molecule has 2 aromatic carbocycles. The normalized spacial score (nSPS) is 13.6. The summed E-state index contributed by atoms with van der Waals surface area (Å²) in [5.74, 6) is -1.20. The molecule has 1 aromatic heterocycles. The number of carboxylic acids is 1. The Morgan fingerprint density at radius 1 is 1.15 bits per heavy atom. The van der Waals surface area contributed by atoms with Crippen LogP contribution in [0, 0.1) is 6.92 Å². The van der Waals surface area contributed by atoms with E-state index in [4.69, 9.17) is 9.84 Å².